The van der Waals surface area contributed by atoms with E-state index in [1.54, 1.807) is 0 Å². The summed E-state index contributed by atoms with van der Waals surface area (Å²) in [7, 11) is 0. The van der Waals surface area contributed by atoms with E-state index in [1.807, 2.05) is 18.2 Å². The zero-order valence-electron chi connectivity index (χ0n) is 10.1. The lowest BCUT2D eigenvalue weighted by Crippen LogP contribution is -2.05. The van der Waals surface area contributed by atoms with Crippen LogP contribution in [0.25, 0.3) is 0 Å². The van der Waals surface area contributed by atoms with Crippen LogP contribution in [0.15, 0.2) is 18.2 Å². The fraction of sp³-hybridized carbons (Fsp3) is 0.462. The van der Waals surface area contributed by atoms with E-state index >= 15 is 0 Å². The number of carbonyl (C=O) groups is 1. The Labute approximate surface area is 106 Å². The van der Waals surface area contributed by atoms with Crippen molar-refractivity contribution in [1.29, 1.82) is 0 Å². The van der Waals surface area contributed by atoms with Crippen molar-refractivity contribution in [2.24, 2.45) is 0 Å². The molecule has 0 unspecified atom stereocenters. The molecule has 1 aromatic rings. The highest BCUT2D eigenvalue weighted by molar-refractivity contribution is 5.66. The number of fused-ring (bicyclic) bond motifs is 1. The number of rotatable bonds is 5. The standard InChI is InChI=1S/C13H17NO4/c15-13(16)3-1-6-14-10-4-5-11-12(9-10)18-8-2-7-17-11/h4-5,9,14H,1-3,6-8H2,(H,15,16). The van der Waals surface area contributed by atoms with Crippen LogP contribution in [-0.2, 0) is 4.79 Å². The molecule has 18 heavy (non-hydrogen) atoms. The van der Waals surface area contributed by atoms with E-state index in [1.165, 1.54) is 0 Å². The molecule has 0 spiro atoms. The lowest BCUT2D eigenvalue weighted by molar-refractivity contribution is -0.137. The van der Waals surface area contributed by atoms with Gasteiger partial charge < -0.3 is 19.9 Å². The number of benzene rings is 1. The average molecular weight is 251 g/mol. The summed E-state index contributed by atoms with van der Waals surface area (Å²) in [6.07, 6.45) is 1.66. The maximum absolute atomic E-state index is 10.4. The lowest BCUT2D eigenvalue weighted by atomic mass is 10.2. The van der Waals surface area contributed by atoms with E-state index in [0.717, 1.165) is 23.6 Å². The highest BCUT2D eigenvalue weighted by Crippen LogP contribution is 2.32. The van der Waals surface area contributed by atoms with Crippen LogP contribution in [0.3, 0.4) is 0 Å². The minimum absolute atomic E-state index is 0.178. The van der Waals surface area contributed by atoms with Crippen molar-refractivity contribution in [2.45, 2.75) is 19.3 Å². The molecule has 0 aliphatic carbocycles. The molecule has 0 radical (unpaired) electrons. The third-order valence-electron chi connectivity index (χ3n) is 2.64. The van der Waals surface area contributed by atoms with Gasteiger partial charge in [-0.25, -0.2) is 0 Å². The van der Waals surface area contributed by atoms with Gasteiger partial charge in [-0.1, -0.05) is 0 Å². The van der Waals surface area contributed by atoms with Gasteiger partial charge in [0.2, 0.25) is 0 Å². The monoisotopic (exact) mass is 251 g/mol. The number of carboxylic acids is 1. The SMILES string of the molecule is O=C(O)CCCNc1ccc2c(c1)OCCCO2. The molecule has 1 aliphatic heterocycles. The Kier molecular flexibility index (Phi) is 4.28. The second-order valence-electron chi connectivity index (χ2n) is 4.14. The van der Waals surface area contributed by atoms with Crippen LogP contribution >= 0.6 is 0 Å². The smallest absolute Gasteiger partial charge is 0.303 e. The Morgan fingerprint density at radius 3 is 2.83 bits per heavy atom. The number of nitrogens with one attached hydrogen (secondary N) is 1. The molecule has 2 rings (SSSR count). The van der Waals surface area contributed by atoms with Crippen molar-refractivity contribution in [2.75, 3.05) is 25.1 Å². The van der Waals surface area contributed by atoms with Gasteiger partial charge in [0.15, 0.2) is 11.5 Å². The Balaban J connectivity index is 1.89. The molecule has 0 aromatic heterocycles. The molecule has 5 nitrogen and oxygen atoms in total. The largest absolute Gasteiger partial charge is 0.490 e. The minimum Gasteiger partial charge on any atom is -0.490 e. The van der Waals surface area contributed by atoms with Crippen LogP contribution in [0.4, 0.5) is 5.69 Å². The molecule has 0 bridgehead atoms. The normalized spacial score (nSPS) is 13.8. The van der Waals surface area contributed by atoms with Crippen molar-refractivity contribution in [3.8, 4) is 11.5 Å². The number of aliphatic carboxylic acids is 1. The van der Waals surface area contributed by atoms with Crippen LogP contribution in [-0.4, -0.2) is 30.8 Å². The predicted molar refractivity (Wildman–Crippen MR) is 67.4 cm³/mol. The molecular formula is C13H17NO4. The molecule has 98 valence electrons. The summed E-state index contributed by atoms with van der Waals surface area (Å²) < 4.78 is 11.1. The Morgan fingerprint density at radius 2 is 2.06 bits per heavy atom. The molecule has 1 aromatic carbocycles. The summed E-state index contributed by atoms with van der Waals surface area (Å²) in [5.74, 6) is 0.745. The summed E-state index contributed by atoms with van der Waals surface area (Å²) >= 11 is 0. The fourth-order valence-electron chi connectivity index (χ4n) is 1.75. The Hall–Kier alpha value is -1.91. The first-order valence-corrected chi connectivity index (χ1v) is 6.11. The second kappa shape index (κ2) is 6.14. The Bertz CT molecular complexity index is 419. The first kappa shape index (κ1) is 12.5. The molecule has 1 aliphatic rings. The summed E-state index contributed by atoms with van der Waals surface area (Å²) in [6, 6.07) is 5.68. The van der Waals surface area contributed by atoms with Crippen molar-refractivity contribution < 1.29 is 19.4 Å². The third kappa shape index (κ3) is 3.55. The minimum atomic E-state index is -0.768. The maximum Gasteiger partial charge on any atom is 0.303 e. The zero-order valence-corrected chi connectivity index (χ0v) is 10.1. The summed E-state index contributed by atoms with van der Waals surface area (Å²) in [5.41, 5.74) is 0.921. The van der Waals surface area contributed by atoms with Crippen molar-refractivity contribution in [3.05, 3.63) is 18.2 Å². The van der Waals surface area contributed by atoms with Crippen molar-refractivity contribution >= 4 is 11.7 Å². The van der Waals surface area contributed by atoms with Gasteiger partial charge >= 0.3 is 5.97 Å². The molecule has 2 N–H and O–H groups in total. The molecule has 0 fully saturated rings. The first-order chi connectivity index (χ1) is 8.75. The van der Waals surface area contributed by atoms with Crippen LogP contribution < -0.4 is 14.8 Å². The van der Waals surface area contributed by atoms with E-state index in [2.05, 4.69) is 5.32 Å². The van der Waals surface area contributed by atoms with Gasteiger partial charge in [-0.2, -0.15) is 0 Å². The van der Waals surface area contributed by atoms with Crippen molar-refractivity contribution in [3.63, 3.8) is 0 Å². The number of hydrogen-bond acceptors (Lipinski definition) is 4. The van der Waals surface area contributed by atoms with Crippen molar-refractivity contribution in [1.82, 2.24) is 0 Å². The highest BCUT2D eigenvalue weighted by atomic mass is 16.5. The zero-order chi connectivity index (χ0) is 12.8. The van der Waals surface area contributed by atoms with E-state index in [9.17, 15) is 4.79 Å². The van der Waals surface area contributed by atoms with E-state index in [4.69, 9.17) is 14.6 Å². The van der Waals surface area contributed by atoms with Crippen LogP contribution in [0, 0.1) is 0 Å². The van der Waals surface area contributed by atoms with E-state index in [0.29, 0.717) is 26.2 Å². The fourth-order valence-corrected chi connectivity index (χ4v) is 1.75. The van der Waals surface area contributed by atoms with Crippen LogP contribution in [0.5, 0.6) is 11.5 Å². The number of hydrogen-bond donors (Lipinski definition) is 2. The Morgan fingerprint density at radius 1 is 1.28 bits per heavy atom. The summed E-state index contributed by atoms with van der Waals surface area (Å²) in [5, 5.41) is 11.7. The first-order valence-electron chi connectivity index (χ1n) is 6.11. The quantitative estimate of drug-likeness (QED) is 0.785. The second-order valence-corrected chi connectivity index (χ2v) is 4.14. The summed E-state index contributed by atoms with van der Waals surface area (Å²) in [4.78, 5) is 10.4. The van der Waals surface area contributed by atoms with Gasteiger partial charge in [0.05, 0.1) is 13.2 Å². The molecule has 0 atom stereocenters. The average Bonchev–Trinajstić information content (AvgIpc) is 2.59. The van der Waals surface area contributed by atoms with Gasteiger partial charge in [-0.15, -0.1) is 0 Å². The van der Waals surface area contributed by atoms with E-state index in [-0.39, 0.29) is 6.42 Å². The van der Waals surface area contributed by atoms with Gasteiger partial charge in [0.1, 0.15) is 0 Å². The van der Waals surface area contributed by atoms with Gasteiger partial charge in [-0.05, 0) is 18.6 Å². The van der Waals surface area contributed by atoms with Crippen LogP contribution in [0.2, 0.25) is 0 Å². The lowest BCUT2D eigenvalue weighted by Gasteiger charge is -2.10. The number of carboxylic acid groups (broad SMARTS) is 1. The summed E-state index contributed by atoms with van der Waals surface area (Å²) in [6.45, 7) is 1.97. The van der Waals surface area contributed by atoms with Crippen LogP contribution in [0.1, 0.15) is 19.3 Å². The molecule has 1 heterocycles. The topological polar surface area (TPSA) is 67.8 Å². The molecule has 0 amide bonds. The maximum atomic E-state index is 10.4. The molecule has 0 saturated carbocycles. The number of ether oxygens (including phenoxy) is 2. The predicted octanol–water partition coefficient (Wildman–Crippen LogP) is 2.12. The molecule has 5 heteroatoms. The number of anilines is 1. The molecular weight excluding hydrogens is 234 g/mol. The third-order valence-corrected chi connectivity index (χ3v) is 2.64. The van der Waals surface area contributed by atoms with Gasteiger partial charge in [0.25, 0.3) is 0 Å². The van der Waals surface area contributed by atoms with Gasteiger partial charge in [-0.3, -0.25) is 4.79 Å². The van der Waals surface area contributed by atoms with Gasteiger partial charge in [0, 0.05) is 31.1 Å². The highest BCUT2D eigenvalue weighted by Gasteiger charge is 2.10. The van der Waals surface area contributed by atoms with E-state index < -0.39 is 5.97 Å². The molecule has 0 saturated heterocycles.